The number of fused-ring (bicyclic) bond motifs is 1. The van der Waals surface area contributed by atoms with E-state index >= 15 is 0 Å². The molecule has 0 spiro atoms. The lowest BCUT2D eigenvalue weighted by Crippen LogP contribution is -2.27. The minimum atomic E-state index is -0.767. The quantitative estimate of drug-likeness (QED) is 0.148. The molecule has 5 rings (SSSR count). The van der Waals surface area contributed by atoms with E-state index in [4.69, 9.17) is 28.4 Å². The van der Waals surface area contributed by atoms with Crippen LogP contribution in [0.2, 0.25) is 0 Å². The third kappa shape index (κ3) is 7.36. The van der Waals surface area contributed by atoms with Crippen LogP contribution in [0.3, 0.4) is 0 Å². The summed E-state index contributed by atoms with van der Waals surface area (Å²) in [5.41, 5.74) is 2.06. The minimum Gasteiger partial charge on any atom is -0.496 e. The molecule has 0 saturated carbocycles. The fraction of sp³-hybridized carbons (Fsp3) is 0.256. The van der Waals surface area contributed by atoms with Crippen molar-refractivity contribution in [3.05, 3.63) is 106 Å². The zero-order valence-electron chi connectivity index (χ0n) is 29.3. The van der Waals surface area contributed by atoms with Gasteiger partial charge in [0.05, 0.1) is 33.8 Å². The Morgan fingerprint density at radius 3 is 1.92 bits per heavy atom. The summed E-state index contributed by atoms with van der Waals surface area (Å²) in [5.74, 6) is 0.935. The fourth-order valence-corrected chi connectivity index (χ4v) is 5.59. The second-order valence-electron chi connectivity index (χ2n) is 12.4. The minimum absolute atomic E-state index is 0.0502. The highest BCUT2D eigenvalue weighted by molar-refractivity contribution is 6.08. The molecule has 0 atom stereocenters. The molecule has 0 aliphatic carbocycles. The van der Waals surface area contributed by atoms with Crippen molar-refractivity contribution in [2.45, 2.75) is 39.9 Å². The van der Waals surface area contributed by atoms with Gasteiger partial charge in [0.1, 0.15) is 29.4 Å². The average molecular weight is 681 g/mol. The van der Waals surface area contributed by atoms with Crippen LogP contribution in [0.5, 0.6) is 23.0 Å². The first-order valence-electron chi connectivity index (χ1n) is 15.8. The van der Waals surface area contributed by atoms with Crippen molar-refractivity contribution < 1.29 is 38.0 Å². The zero-order valence-corrected chi connectivity index (χ0v) is 29.3. The van der Waals surface area contributed by atoms with Crippen LogP contribution in [0.15, 0.2) is 83.7 Å². The summed E-state index contributed by atoms with van der Waals surface area (Å²) in [7, 11) is 5.83. The molecule has 260 valence electrons. The van der Waals surface area contributed by atoms with E-state index in [1.54, 1.807) is 69.3 Å². The summed E-state index contributed by atoms with van der Waals surface area (Å²) < 4.78 is 35.3. The maximum Gasteiger partial charge on any atom is 0.412 e. The molecule has 11 nitrogen and oxygen atoms in total. The summed E-state index contributed by atoms with van der Waals surface area (Å²) >= 11 is 0. The van der Waals surface area contributed by atoms with Gasteiger partial charge in [-0.2, -0.15) is 0 Å². The molecule has 0 fully saturated rings. The maximum atomic E-state index is 14.6. The third-order valence-electron chi connectivity index (χ3n) is 7.89. The Kier molecular flexibility index (Phi) is 10.4. The number of nitrogens with zero attached hydrogens (tertiary/aromatic N) is 1. The largest absolute Gasteiger partial charge is 0.496 e. The lowest BCUT2D eigenvalue weighted by atomic mass is 9.94. The molecule has 1 N–H and O–H groups in total. The number of aromatic nitrogens is 1. The van der Waals surface area contributed by atoms with E-state index in [1.165, 1.54) is 33.0 Å². The summed E-state index contributed by atoms with van der Waals surface area (Å²) in [5, 5.41) is 3.34. The Morgan fingerprint density at radius 2 is 1.36 bits per heavy atom. The molecule has 0 unspecified atom stereocenters. The van der Waals surface area contributed by atoms with E-state index in [0.717, 1.165) is 11.1 Å². The lowest BCUT2D eigenvalue weighted by Gasteiger charge is -2.22. The number of benzene rings is 4. The molecule has 0 saturated heterocycles. The van der Waals surface area contributed by atoms with Crippen LogP contribution in [-0.4, -0.2) is 50.7 Å². The topological polar surface area (TPSA) is 124 Å². The molecular weight excluding hydrogens is 640 g/mol. The van der Waals surface area contributed by atoms with Gasteiger partial charge >= 0.3 is 12.1 Å². The number of hydrogen-bond donors (Lipinski definition) is 1. The first kappa shape index (κ1) is 35.3. The molecule has 0 aliphatic heterocycles. The highest BCUT2D eigenvalue weighted by Crippen LogP contribution is 2.42. The van der Waals surface area contributed by atoms with Crippen LogP contribution in [0.1, 0.15) is 42.4 Å². The second kappa shape index (κ2) is 14.7. The molecule has 1 heterocycles. The number of carbonyl (C=O) groups is 2. The van der Waals surface area contributed by atoms with Crippen LogP contribution < -0.4 is 29.8 Å². The van der Waals surface area contributed by atoms with E-state index in [-0.39, 0.29) is 17.7 Å². The maximum absolute atomic E-state index is 14.6. The van der Waals surface area contributed by atoms with E-state index < -0.39 is 23.2 Å². The van der Waals surface area contributed by atoms with Crippen LogP contribution in [0, 0.1) is 6.92 Å². The summed E-state index contributed by atoms with van der Waals surface area (Å²) in [6, 6.07) is 22.9. The van der Waals surface area contributed by atoms with Crippen molar-refractivity contribution in [2.75, 3.05) is 33.8 Å². The van der Waals surface area contributed by atoms with E-state index in [0.29, 0.717) is 50.9 Å². The summed E-state index contributed by atoms with van der Waals surface area (Å²) in [6.07, 6.45) is -0.634. The molecule has 0 bridgehead atoms. The molecule has 0 radical (unpaired) electrons. The molecular formula is C39H40N2O9. The number of pyridine rings is 1. The van der Waals surface area contributed by atoms with Crippen molar-refractivity contribution in [2.24, 2.45) is 0 Å². The Balaban J connectivity index is 1.81. The van der Waals surface area contributed by atoms with Crippen LogP contribution in [-0.2, 0) is 16.1 Å². The van der Waals surface area contributed by atoms with Gasteiger partial charge in [-0.15, -0.1) is 0 Å². The molecule has 1 aromatic heterocycles. The number of amides is 1. The van der Waals surface area contributed by atoms with Gasteiger partial charge in [-0.25, -0.2) is 9.59 Å². The molecule has 1 amide bonds. The normalized spacial score (nSPS) is 11.1. The van der Waals surface area contributed by atoms with Gasteiger partial charge in [0.25, 0.3) is 5.56 Å². The standard InChI is InChI=1S/C39H40N2O9/c1-23-30(45-5)18-25(19-31(23)46-6)34-28-20-32(47-7)33(49-22-24-12-10-9-11-13-24)21-29(28)36(42)41(35(34)37(43)48-8)27-16-14-26(15-17-27)40-38(44)50-39(2,3)4/h9-21H,22H2,1-8H3,(H,40,44). The predicted molar refractivity (Wildman–Crippen MR) is 191 cm³/mol. The Bertz CT molecular complexity index is 2070. The summed E-state index contributed by atoms with van der Waals surface area (Å²) in [4.78, 5) is 40.9. The molecule has 11 heteroatoms. The van der Waals surface area contributed by atoms with Gasteiger partial charge in [0.2, 0.25) is 0 Å². The number of esters is 1. The average Bonchev–Trinajstić information content (AvgIpc) is 3.10. The number of rotatable bonds is 10. The van der Waals surface area contributed by atoms with Gasteiger partial charge in [-0.05, 0) is 87.4 Å². The monoisotopic (exact) mass is 680 g/mol. The Morgan fingerprint density at radius 1 is 0.760 bits per heavy atom. The first-order valence-corrected chi connectivity index (χ1v) is 15.8. The van der Waals surface area contributed by atoms with Crippen molar-refractivity contribution in [3.8, 4) is 39.8 Å². The SMILES string of the molecule is COC(=O)c1c(-c2cc(OC)c(C)c(OC)c2)c2cc(OC)c(OCc3ccccc3)cc2c(=O)n1-c1ccc(NC(=O)OC(C)(C)C)cc1. The predicted octanol–water partition coefficient (Wildman–Crippen LogP) is 7.70. The number of methoxy groups -OCH3 is 4. The van der Waals surface area contributed by atoms with E-state index in [2.05, 4.69) is 5.32 Å². The van der Waals surface area contributed by atoms with Crippen molar-refractivity contribution >= 4 is 28.5 Å². The van der Waals surface area contributed by atoms with Crippen molar-refractivity contribution in [1.29, 1.82) is 0 Å². The van der Waals surface area contributed by atoms with Crippen molar-refractivity contribution in [3.63, 3.8) is 0 Å². The second-order valence-corrected chi connectivity index (χ2v) is 12.4. The lowest BCUT2D eigenvalue weighted by molar-refractivity contribution is 0.0589. The Hall–Kier alpha value is -5.97. The summed E-state index contributed by atoms with van der Waals surface area (Å²) in [6.45, 7) is 7.37. The molecule has 0 aliphatic rings. The first-order chi connectivity index (χ1) is 23.9. The van der Waals surface area contributed by atoms with Crippen molar-refractivity contribution in [1.82, 2.24) is 4.57 Å². The van der Waals surface area contributed by atoms with Crippen LogP contribution in [0.4, 0.5) is 10.5 Å². The highest BCUT2D eigenvalue weighted by Gasteiger charge is 2.28. The number of ether oxygens (including phenoxy) is 6. The van der Waals surface area contributed by atoms with Gasteiger partial charge < -0.3 is 28.4 Å². The van der Waals surface area contributed by atoms with Gasteiger partial charge in [-0.1, -0.05) is 30.3 Å². The number of hydrogen-bond acceptors (Lipinski definition) is 9. The number of nitrogens with one attached hydrogen (secondary N) is 1. The molecule has 5 aromatic rings. The smallest absolute Gasteiger partial charge is 0.412 e. The fourth-order valence-electron chi connectivity index (χ4n) is 5.59. The third-order valence-corrected chi connectivity index (χ3v) is 7.89. The van der Waals surface area contributed by atoms with E-state index in [1.807, 2.05) is 37.3 Å². The Labute approximate surface area is 290 Å². The molecule has 50 heavy (non-hydrogen) atoms. The zero-order chi connectivity index (χ0) is 36.2. The number of anilines is 1. The van der Waals surface area contributed by atoms with Gasteiger partial charge in [0.15, 0.2) is 11.5 Å². The van der Waals surface area contributed by atoms with Gasteiger partial charge in [-0.3, -0.25) is 14.7 Å². The van der Waals surface area contributed by atoms with Gasteiger partial charge in [0, 0.05) is 27.9 Å². The molecule has 4 aromatic carbocycles. The van der Waals surface area contributed by atoms with E-state index in [9.17, 15) is 14.4 Å². The number of carbonyl (C=O) groups excluding carboxylic acids is 2. The highest BCUT2D eigenvalue weighted by atomic mass is 16.6. The van der Waals surface area contributed by atoms with Crippen LogP contribution >= 0.6 is 0 Å². The van der Waals surface area contributed by atoms with Crippen LogP contribution in [0.25, 0.3) is 27.6 Å².